The minimum Gasteiger partial charge on any atom is -0.857 e. The highest BCUT2D eigenvalue weighted by molar-refractivity contribution is 5.72. The second-order valence-electron chi connectivity index (χ2n) is 3.90. The van der Waals surface area contributed by atoms with Gasteiger partial charge in [-0.1, -0.05) is 25.5 Å². The fourth-order valence-corrected chi connectivity index (χ4v) is 0.994. The van der Waals surface area contributed by atoms with Crippen molar-refractivity contribution in [1.82, 2.24) is 0 Å². The molecule has 0 saturated heterocycles. The zero-order chi connectivity index (χ0) is 8.48. The summed E-state index contributed by atoms with van der Waals surface area (Å²) in [4.78, 5) is 0. The molecule has 0 bridgehead atoms. The molecule has 3 heteroatoms. The summed E-state index contributed by atoms with van der Waals surface area (Å²) in [6.45, 7) is 7.01. The molecule has 0 saturated carbocycles. The zero-order valence-electron chi connectivity index (χ0n) is 7.29. The molecule has 0 fully saturated rings. The Balaban J connectivity index is 2.70. The highest BCUT2D eigenvalue weighted by atomic mass is 16.3. The van der Waals surface area contributed by atoms with Gasteiger partial charge in [-0.15, -0.1) is 0 Å². The maximum atomic E-state index is 10.7. The molecule has 0 amide bonds. The molecule has 11 heavy (non-hydrogen) atoms. The lowest BCUT2D eigenvalue weighted by atomic mass is 9.99. The smallest absolute Gasteiger partial charge is 0.178 e. The number of hydrogen-bond acceptors (Lipinski definition) is 2. The van der Waals surface area contributed by atoms with Crippen LogP contribution >= 0.6 is 0 Å². The van der Waals surface area contributed by atoms with Crippen molar-refractivity contribution in [3.63, 3.8) is 0 Å². The van der Waals surface area contributed by atoms with Crippen LogP contribution in [0.15, 0.2) is 5.10 Å². The van der Waals surface area contributed by atoms with Crippen LogP contribution in [0.2, 0.25) is 0 Å². The van der Waals surface area contributed by atoms with Crippen molar-refractivity contribution in [1.29, 1.82) is 0 Å². The Hall–Kier alpha value is -0.860. The Labute approximate surface area is 67.1 Å². The number of rotatable bonds is 0. The fraction of sp³-hybridized carbons (Fsp3) is 0.750. The largest absolute Gasteiger partial charge is 0.857 e. The van der Waals surface area contributed by atoms with Gasteiger partial charge in [-0.05, 0) is 5.10 Å². The average Bonchev–Trinajstić information content (AvgIpc) is 2.10. The topological polar surface area (TPSA) is 38.4 Å². The Morgan fingerprint density at radius 3 is 2.55 bits per heavy atom. The molecule has 1 aliphatic heterocycles. The van der Waals surface area contributed by atoms with Crippen LogP contribution in [0.4, 0.5) is 0 Å². The molecule has 1 rings (SSSR count). The maximum Gasteiger partial charge on any atom is 0.178 e. The fourth-order valence-electron chi connectivity index (χ4n) is 0.994. The Bertz CT molecular complexity index is 211. The van der Waals surface area contributed by atoms with Gasteiger partial charge in [0.2, 0.25) is 0 Å². The predicted octanol–water partition coefficient (Wildman–Crippen LogP) is 0.193. The van der Waals surface area contributed by atoms with Crippen molar-refractivity contribution in [3.05, 3.63) is 0 Å². The quantitative estimate of drug-likeness (QED) is 0.459. The van der Waals surface area contributed by atoms with Crippen molar-refractivity contribution in [2.24, 2.45) is 10.5 Å². The maximum absolute atomic E-state index is 10.7. The molecule has 0 atom stereocenters. The van der Waals surface area contributed by atoms with E-state index in [1.54, 1.807) is 4.68 Å². The molecule has 0 aromatic carbocycles. The Kier molecular flexibility index (Phi) is 1.98. The van der Waals surface area contributed by atoms with E-state index < -0.39 is 0 Å². The van der Waals surface area contributed by atoms with E-state index in [-0.39, 0.29) is 11.3 Å². The van der Waals surface area contributed by atoms with Crippen LogP contribution in [0, 0.1) is 5.41 Å². The van der Waals surface area contributed by atoms with Gasteiger partial charge in [0.15, 0.2) is 12.8 Å². The van der Waals surface area contributed by atoms with E-state index in [1.807, 2.05) is 6.21 Å². The summed E-state index contributed by atoms with van der Waals surface area (Å²) in [6, 6.07) is 0. The van der Waals surface area contributed by atoms with Crippen molar-refractivity contribution in [2.45, 2.75) is 27.2 Å². The minimum atomic E-state index is -0.00880. The number of hydrazone groups is 1. The molecule has 0 radical (unpaired) electrons. The van der Waals surface area contributed by atoms with Crippen molar-refractivity contribution < 1.29 is 9.79 Å². The summed E-state index contributed by atoms with van der Waals surface area (Å²) in [5.41, 5.74) is 0.105. The van der Waals surface area contributed by atoms with E-state index >= 15 is 0 Å². The van der Waals surface area contributed by atoms with E-state index in [0.29, 0.717) is 6.42 Å². The Morgan fingerprint density at radius 1 is 1.55 bits per heavy atom. The summed E-state index contributed by atoms with van der Waals surface area (Å²) in [7, 11) is 0. The minimum absolute atomic E-state index is 0.00880. The molecular weight excluding hydrogens is 140 g/mol. The lowest BCUT2D eigenvalue weighted by Crippen LogP contribution is -2.15. The van der Waals surface area contributed by atoms with Crippen LogP contribution < -0.4 is 5.11 Å². The number of hydrogen-bond donors (Lipinski definition) is 0. The van der Waals surface area contributed by atoms with Gasteiger partial charge in [-0.25, -0.2) is 0 Å². The van der Waals surface area contributed by atoms with Gasteiger partial charge in [-0.3, -0.25) is 0 Å². The lowest BCUT2D eigenvalue weighted by Gasteiger charge is -2.05. The molecule has 0 aliphatic carbocycles. The normalized spacial score (nSPS) is 22.5. The van der Waals surface area contributed by atoms with Gasteiger partial charge in [0.05, 0.1) is 0 Å². The van der Waals surface area contributed by atoms with Gasteiger partial charge in [0, 0.05) is 17.7 Å². The second kappa shape index (κ2) is 2.64. The van der Waals surface area contributed by atoms with Gasteiger partial charge >= 0.3 is 0 Å². The second-order valence-corrected chi connectivity index (χ2v) is 3.90. The van der Waals surface area contributed by atoms with Crippen LogP contribution in [-0.2, 0) is 0 Å². The molecule has 0 aromatic heterocycles. The van der Waals surface area contributed by atoms with Gasteiger partial charge in [0.1, 0.15) is 0 Å². The van der Waals surface area contributed by atoms with E-state index in [1.165, 1.54) is 0 Å². The summed E-state index contributed by atoms with van der Waals surface area (Å²) in [5.74, 6) is -0.00880. The van der Waals surface area contributed by atoms with E-state index in [9.17, 15) is 5.11 Å². The van der Waals surface area contributed by atoms with E-state index in [0.717, 1.165) is 6.54 Å². The van der Waals surface area contributed by atoms with Crippen LogP contribution in [0.5, 0.6) is 0 Å². The summed E-state index contributed by atoms with van der Waals surface area (Å²) < 4.78 is 1.74. The van der Waals surface area contributed by atoms with E-state index in [2.05, 4.69) is 25.9 Å². The monoisotopic (exact) mass is 154 g/mol. The molecule has 3 nitrogen and oxygen atoms in total. The number of nitrogens with zero attached hydrogens (tertiary/aromatic N) is 2. The molecule has 0 unspecified atom stereocenters. The third-order valence-electron chi connectivity index (χ3n) is 1.33. The van der Waals surface area contributed by atoms with Crippen LogP contribution in [0.25, 0.3) is 0 Å². The van der Waals surface area contributed by atoms with E-state index in [4.69, 9.17) is 0 Å². The first kappa shape index (κ1) is 8.24. The molecule has 0 spiro atoms. The standard InChI is InChI=1S/C8H14N2O/c1-8(2,3)6-10-5-4-7(11)9-10/h6H,4-5H2,1-3H3/b10-6-. The first-order valence-corrected chi connectivity index (χ1v) is 3.84. The summed E-state index contributed by atoms with van der Waals surface area (Å²) in [6.07, 6.45) is 2.55. The van der Waals surface area contributed by atoms with Crippen molar-refractivity contribution in [3.8, 4) is 0 Å². The third kappa shape index (κ3) is 2.70. The van der Waals surface area contributed by atoms with Crippen molar-refractivity contribution in [2.75, 3.05) is 6.54 Å². The van der Waals surface area contributed by atoms with Crippen molar-refractivity contribution >= 4 is 12.1 Å². The molecule has 1 heterocycles. The molecule has 1 aliphatic rings. The van der Waals surface area contributed by atoms with Gasteiger partial charge < -0.3 is 5.11 Å². The summed E-state index contributed by atoms with van der Waals surface area (Å²) >= 11 is 0. The molecule has 62 valence electrons. The highest BCUT2D eigenvalue weighted by Crippen LogP contribution is 2.09. The third-order valence-corrected chi connectivity index (χ3v) is 1.33. The first-order chi connectivity index (χ1) is 4.97. The van der Waals surface area contributed by atoms with Gasteiger partial charge in [-0.2, -0.15) is 0 Å². The molecule has 0 aromatic rings. The van der Waals surface area contributed by atoms with Crippen LogP contribution in [-0.4, -0.2) is 23.3 Å². The van der Waals surface area contributed by atoms with Crippen LogP contribution in [0.1, 0.15) is 27.2 Å². The Morgan fingerprint density at radius 2 is 2.18 bits per heavy atom. The predicted molar refractivity (Wildman–Crippen MR) is 42.7 cm³/mol. The SMILES string of the molecule is CC(C)(C)/C=[N+]1/CCC([O-])=N1. The molecule has 0 N–H and O–H groups in total. The van der Waals surface area contributed by atoms with Crippen LogP contribution in [0.3, 0.4) is 0 Å². The first-order valence-electron chi connectivity index (χ1n) is 3.84. The zero-order valence-corrected chi connectivity index (χ0v) is 7.29. The van der Waals surface area contributed by atoms with Gasteiger partial charge in [0.25, 0.3) is 0 Å². The molecular formula is C8H14N2O. The summed E-state index contributed by atoms with van der Waals surface area (Å²) in [5, 5.41) is 14.5. The highest BCUT2D eigenvalue weighted by Gasteiger charge is 2.17. The average molecular weight is 154 g/mol. The lowest BCUT2D eigenvalue weighted by molar-refractivity contribution is -0.522.